The molecule has 0 aliphatic carbocycles. The fraction of sp³-hybridized carbons (Fsp3) is 0. The average Bonchev–Trinajstić information content (AvgIpc) is 3.84. The van der Waals surface area contributed by atoms with Crippen molar-refractivity contribution in [2.24, 2.45) is 0 Å². The summed E-state index contributed by atoms with van der Waals surface area (Å²) < 4.78 is 360. The molecule has 0 aromatic heterocycles. The molecule has 525 valence electrons. The fourth-order valence-electron chi connectivity index (χ4n) is 0. The molecule has 48 nitrogen and oxygen atoms in total. The van der Waals surface area contributed by atoms with Gasteiger partial charge in [-0.1, -0.05) is 0 Å². The van der Waals surface area contributed by atoms with E-state index in [1.807, 2.05) is 0 Å². The molecule has 0 saturated carbocycles. The second kappa shape index (κ2) is 8310. The van der Waals surface area contributed by atoms with Crippen LogP contribution >= 0.6 is 0 Å². The van der Waals surface area contributed by atoms with Crippen LogP contribution < -0.4 is 0 Å². The monoisotopic (exact) mass is 1860 g/mol. The van der Waals surface area contributed by atoms with Crippen molar-refractivity contribution in [3.05, 3.63) is 319 Å². The van der Waals surface area contributed by atoms with E-state index in [2.05, 4.69) is 319 Å². The van der Waals surface area contributed by atoms with Gasteiger partial charge in [-0.05, 0) is 0 Å². The van der Waals surface area contributed by atoms with Gasteiger partial charge >= 0.3 is 543 Å². The Morgan fingerprint density at radius 1 is 0.0396 bits per heavy atom. The molecule has 0 N–H and O–H groups in total. The summed E-state index contributed by atoms with van der Waals surface area (Å²) in [6.07, 6.45) is 0. The molecule has 0 spiro atoms. The van der Waals surface area contributed by atoms with E-state index in [4.69, 9.17) is 223 Å². The van der Waals surface area contributed by atoms with Crippen LogP contribution in [-0.2, 0) is 321 Å². The molecule has 101 heavy (non-hydrogen) atoms. The van der Waals surface area contributed by atoms with E-state index in [0.29, 0.717) is 0 Å². The molecular weight excluding hydrogens is 1860 g/mol. The van der Waals surface area contributed by atoms with Crippen LogP contribution in [0.4, 0.5) is 0 Å². The zero-order chi connectivity index (χ0) is 96.0. The Labute approximate surface area is 636 Å². The topological polar surface area (TPSA) is 955 Å². The van der Waals surface area contributed by atoms with Gasteiger partial charge in [-0.3, -0.25) is 0 Å². The Balaban J connectivity index is -0.00000000456. The van der Waals surface area contributed by atoms with Crippen molar-refractivity contribution in [1.82, 2.24) is 0 Å². The normalized spacial score (nSPS) is 0.950. The molecular formula is C48O48Rh5. The Hall–Kier alpha value is -9.36. The summed E-state index contributed by atoms with van der Waals surface area (Å²) in [7, 11) is 0. The van der Waals surface area contributed by atoms with Gasteiger partial charge in [-0.2, -0.15) is 0 Å². The SMILES string of the molecule is [C-]#[O+].[C-]#[O+].[C-]#[O+].[C-]#[O+].[C-]#[O+].[C-]#[O+].[C-]#[O+].[C-]#[O+].[C-]#[O+].[C-]#[O+].[C-]#[O+].[C-]#[O+].[C-]#[O+].[C-]#[O+].[C-]#[O+].[C-]#[O+].[C-]#[O+].[C-]#[O+].[C-]#[O+].[C-]#[O+].[C-]#[O+].[C-]#[O+].[C-]#[O+].[C-]#[O+].[C-]#[O+].[C-]#[O+].[C-]#[O+].[C-]#[O+].[C-]#[O+].[C-]#[O+].[C-]#[O+].[C-]#[O+].[C-]#[O+].[C-]#[O+].[C-]#[O+].[C-]#[O+].[C-]#[O+].[C-]#[O+].[C-]#[O+].[C-]#[O+].[C-]#[O+].[C-]#[O+].[C-]#[O+].[C-]#[O+].[C-]#[O+].[C-]#[O+].[C-]#[O+].[C-]#[O+].[Rh].[Rh].[Rh].[Rh].[Rh]. The zero-order valence-corrected chi connectivity index (χ0v) is 53.5. The molecule has 0 unspecified atom stereocenters. The summed E-state index contributed by atoms with van der Waals surface area (Å²) in [6.45, 7) is 216. The van der Waals surface area contributed by atoms with Crippen molar-refractivity contribution >= 4 is 0 Å². The molecule has 0 saturated heterocycles. The maximum Gasteiger partial charge on any atom is 0 e. The molecule has 0 rings (SSSR count). The van der Waals surface area contributed by atoms with Crippen molar-refractivity contribution in [2.45, 2.75) is 0 Å². The van der Waals surface area contributed by atoms with Crippen LogP contribution in [0.25, 0.3) is 0 Å². The molecule has 0 aromatic rings. The van der Waals surface area contributed by atoms with Crippen LogP contribution in [0.2, 0.25) is 0 Å². The van der Waals surface area contributed by atoms with Gasteiger partial charge in [0.1, 0.15) is 0 Å². The standard InChI is InChI=1S/48CO.5Rh/c48*1-2;;;;;. The van der Waals surface area contributed by atoms with Gasteiger partial charge < -0.3 is 0 Å². The van der Waals surface area contributed by atoms with E-state index in [1.165, 1.54) is 0 Å². The van der Waals surface area contributed by atoms with E-state index in [-0.39, 0.29) is 97.4 Å². The van der Waals surface area contributed by atoms with Crippen molar-refractivity contribution in [1.29, 1.82) is 0 Å². The third-order valence-corrected chi connectivity index (χ3v) is 0. The zero-order valence-electron chi connectivity index (χ0n) is 45.3. The van der Waals surface area contributed by atoms with Gasteiger partial charge in [0.2, 0.25) is 0 Å². The Kier molecular flexibility index (Phi) is 41500. The van der Waals surface area contributed by atoms with Crippen molar-refractivity contribution in [3.8, 4) is 0 Å². The van der Waals surface area contributed by atoms with Crippen LogP contribution in [-0.4, -0.2) is 0 Å². The molecule has 0 aliphatic rings. The van der Waals surface area contributed by atoms with Gasteiger partial charge in [0, 0.05) is 97.4 Å². The maximum absolute atomic E-state index is 7.50. The first-order valence-electron chi connectivity index (χ1n) is 9.80. The minimum absolute atomic E-state index is 0. The largest absolute Gasteiger partial charge is 0 e. The van der Waals surface area contributed by atoms with E-state index in [0.717, 1.165) is 0 Å². The van der Waals surface area contributed by atoms with Gasteiger partial charge in [-0.25, -0.2) is 0 Å². The van der Waals surface area contributed by atoms with Crippen LogP contribution in [0.15, 0.2) is 0 Å². The number of hydrogen-bond donors (Lipinski definition) is 0. The first-order chi connectivity index (χ1) is 48.0. The number of rotatable bonds is 0. The Morgan fingerprint density at radius 2 is 0.0396 bits per heavy atom. The second-order valence-corrected chi connectivity index (χ2v) is 0. The fourth-order valence-corrected chi connectivity index (χ4v) is 0. The summed E-state index contributed by atoms with van der Waals surface area (Å²) in [5.74, 6) is 0. The van der Waals surface area contributed by atoms with E-state index in [9.17, 15) is 0 Å². The summed E-state index contributed by atoms with van der Waals surface area (Å²) in [6, 6.07) is 0. The molecule has 5 radical (unpaired) electrons. The first kappa shape index (κ1) is 504. The van der Waals surface area contributed by atoms with Crippen LogP contribution in [0.1, 0.15) is 0 Å². The summed E-state index contributed by atoms with van der Waals surface area (Å²) in [5, 5.41) is 0. The Morgan fingerprint density at radius 3 is 0.0396 bits per heavy atom. The van der Waals surface area contributed by atoms with Crippen LogP contribution in [0.5, 0.6) is 0 Å². The van der Waals surface area contributed by atoms with Gasteiger partial charge in [0.15, 0.2) is 0 Å². The predicted octanol–water partition coefficient (Wildman–Crippen LogP) is -1.81. The van der Waals surface area contributed by atoms with Gasteiger partial charge in [-0.15, -0.1) is 0 Å². The van der Waals surface area contributed by atoms with Crippen molar-refractivity contribution in [2.75, 3.05) is 0 Å². The summed E-state index contributed by atoms with van der Waals surface area (Å²) in [5.41, 5.74) is 0. The smallest absolute Gasteiger partial charge is 0 e. The predicted molar refractivity (Wildman–Crippen MR) is 189 cm³/mol. The molecule has 0 fully saturated rings. The minimum atomic E-state index is 0. The van der Waals surface area contributed by atoms with E-state index in [1.54, 1.807) is 0 Å². The molecule has 0 bridgehead atoms. The Bertz CT molecular complexity index is 1160. The van der Waals surface area contributed by atoms with E-state index < -0.39 is 0 Å². The third-order valence-electron chi connectivity index (χ3n) is 0. The minimum Gasteiger partial charge on any atom is 0 e. The van der Waals surface area contributed by atoms with Crippen LogP contribution in [0, 0.1) is 319 Å². The summed E-state index contributed by atoms with van der Waals surface area (Å²) in [4.78, 5) is 0. The molecule has 0 aliphatic heterocycles. The van der Waals surface area contributed by atoms with Crippen LogP contribution in [0.3, 0.4) is 0 Å². The molecule has 53 heteroatoms. The van der Waals surface area contributed by atoms with Gasteiger partial charge in [0.05, 0.1) is 0 Å². The molecule has 0 atom stereocenters. The van der Waals surface area contributed by atoms with E-state index >= 15 is 0 Å². The molecule has 0 heterocycles. The van der Waals surface area contributed by atoms with Crippen molar-refractivity contribution < 1.29 is 321 Å². The maximum atomic E-state index is 7.50. The second-order valence-electron chi connectivity index (χ2n) is 0. The van der Waals surface area contributed by atoms with Crippen molar-refractivity contribution in [3.63, 3.8) is 0 Å². The number of hydrogen-bond acceptors (Lipinski definition) is 0. The molecule has 0 amide bonds. The average molecular weight is 1860 g/mol. The third kappa shape index (κ3) is 8120. The van der Waals surface area contributed by atoms with Gasteiger partial charge in [0.25, 0.3) is 0 Å². The molecule has 0 aromatic carbocycles. The quantitative estimate of drug-likeness (QED) is 0.147. The summed E-state index contributed by atoms with van der Waals surface area (Å²) >= 11 is 0. The first-order valence-corrected chi connectivity index (χ1v) is 9.80.